The number of carbonyl (C=O) groups excluding carboxylic acids is 1. The van der Waals surface area contributed by atoms with Gasteiger partial charge in [0.2, 0.25) is 17.7 Å². The van der Waals surface area contributed by atoms with Crippen molar-refractivity contribution in [2.24, 2.45) is 0 Å². The summed E-state index contributed by atoms with van der Waals surface area (Å²) in [5.74, 6) is 0.989. The van der Waals surface area contributed by atoms with Crippen LogP contribution in [0.1, 0.15) is 19.2 Å². The van der Waals surface area contributed by atoms with Crippen molar-refractivity contribution in [1.82, 2.24) is 20.0 Å². The van der Waals surface area contributed by atoms with Crippen LogP contribution in [0.4, 0.5) is 0 Å². The molecule has 0 N–H and O–H groups in total. The normalized spacial score (nSPS) is 24.7. The van der Waals surface area contributed by atoms with E-state index in [0.717, 1.165) is 5.56 Å². The molecule has 1 aromatic carbocycles. The first-order valence-corrected chi connectivity index (χ1v) is 10.9. The van der Waals surface area contributed by atoms with Crippen LogP contribution >= 0.6 is 0 Å². The number of nitrogens with zero attached hydrogens (tertiary/aromatic N) is 4. The number of carbonyl (C=O) groups is 1. The second kappa shape index (κ2) is 7.05. The van der Waals surface area contributed by atoms with Crippen LogP contribution in [0.3, 0.4) is 0 Å². The van der Waals surface area contributed by atoms with E-state index in [1.54, 1.807) is 11.8 Å². The van der Waals surface area contributed by atoms with E-state index < -0.39 is 9.84 Å². The topological polar surface area (TPSA) is 96.6 Å². The van der Waals surface area contributed by atoms with Crippen LogP contribution in [0.25, 0.3) is 11.5 Å². The lowest BCUT2D eigenvalue weighted by molar-refractivity contribution is -0.136. The quantitative estimate of drug-likeness (QED) is 0.767. The Labute approximate surface area is 158 Å². The van der Waals surface area contributed by atoms with Crippen LogP contribution in [0.15, 0.2) is 34.7 Å². The molecule has 0 bridgehead atoms. The lowest BCUT2D eigenvalue weighted by Gasteiger charge is -2.43. The summed E-state index contributed by atoms with van der Waals surface area (Å²) in [5, 5.41) is 8.22. The molecule has 144 valence electrons. The summed E-state index contributed by atoms with van der Waals surface area (Å²) in [6.45, 7) is 3.29. The van der Waals surface area contributed by atoms with E-state index >= 15 is 0 Å². The van der Waals surface area contributed by atoms with Gasteiger partial charge in [-0.2, -0.15) is 0 Å². The van der Waals surface area contributed by atoms with E-state index in [1.165, 1.54) is 0 Å². The molecule has 27 heavy (non-hydrogen) atoms. The summed E-state index contributed by atoms with van der Waals surface area (Å²) in [5.41, 5.74) is 0.843. The molecule has 2 saturated heterocycles. The highest BCUT2D eigenvalue weighted by molar-refractivity contribution is 7.91. The van der Waals surface area contributed by atoms with Gasteiger partial charge in [0.1, 0.15) is 0 Å². The van der Waals surface area contributed by atoms with Crippen molar-refractivity contribution in [1.29, 1.82) is 0 Å². The highest BCUT2D eigenvalue weighted by atomic mass is 32.2. The Balaban J connectivity index is 1.53. The molecular formula is C18H22N4O4S. The standard InChI is InChI=1S/C18H22N4O4S/c1-2-17(23)22-9-8-21(14-11-27(24,25)12-15(14)22)10-16-19-20-18(26-16)13-6-4-3-5-7-13/h3-7,14-15H,2,8-12H2,1H3/t14-,15+/m1/s1. The fourth-order valence-corrected chi connectivity index (χ4v) is 5.93. The van der Waals surface area contributed by atoms with Gasteiger partial charge < -0.3 is 9.32 Å². The number of benzene rings is 1. The molecule has 2 aliphatic heterocycles. The van der Waals surface area contributed by atoms with Crippen LogP contribution in [0.5, 0.6) is 0 Å². The molecule has 9 heteroatoms. The first-order valence-electron chi connectivity index (χ1n) is 9.08. The molecule has 2 fully saturated rings. The number of sulfone groups is 1. The SMILES string of the molecule is CCC(=O)N1CCN(Cc2nnc(-c3ccccc3)o2)[C@@H]2CS(=O)(=O)C[C@@H]21. The van der Waals surface area contributed by atoms with Gasteiger partial charge in [0.05, 0.1) is 24.1 Å². The Morgan fingerprint density at radius 3 is 2.63 bits per heavy atom. The minimum atomic E-state index is -3.17. The third-order valence-electron chi connectivity index (χ3n) is 5.24. The Morgan fingerprint density at radius 2 is 1.89 bits per heavy atom. The van der Waals surface area contributed by atoms with E-state index in [-0.39, 0.29) is 29.5 Å². The monoisotopic (exact) mass is 390 g/mol. The van der Waals surface area contributed by atoms with Gasteiger partial charge in [0, 0.05) is 31.1 Å². The highest BCUT2D eigenvalue weighted by Crippen LogP contribution is 2.29. The molecule has 2 aromatic rings. The summed E-state index contributed by atoms with van der Waals surface area (Å²) in [6, 6.07) is 8.98. The Bertz CT molecular complexity index is 928. The fourth-order valence-electron chi connectivity index (χ4n) is 3.92. The van der Waals surface area contributed by atoms with E-state index in [4.69, 9.17) is 4.42 Å². The number of piperazine rings is 1. The third-order valence-corrected chi connectivity index (χ3v) is 6.94. The molecule has 4 rings (SSSR count). The van der Waals surface area contributed by atoms with Crippen LogP contribution in [0, 0.1) is 0 Å². The molecule has 2 aliphatic rings. The Hall–Kier alpha value is -2.26. The molecule has 0 aliphatic carbocycles. The van der Waals surface area contributed by atoms with Crippen molar-refractivity contribution in [3.8, 4) is 11.5 Å². The summed E-state index contributed by atoms with van der Waals surface area (Å²) in [4.78, 5) is 16.0. The molecule has 0 saturated carbocycles. The van der Waals surface area contributed by atoms with Gasteiger partial charge in [0.15, 0.2) is 9.84 Å². The summed E-state index contributed by atoms with van der Waals surface area (Å²) >= 11 is 0. The molecule has 0 spiro atoms. The Kier molecular flexibility index (Phi) is 4.73. The molecule has 0 unspecified atom stereocenters. The largest absolute Gasteiger partial charge is 0.419 e. The van der Waals surface area contributed by atoms with Crippen LogP contribution in [-0.4, -0.2) is 71.0 Å². The zero-order valence-corrected chi connectivity index (χ0v) is 15.9. The zero-order valence-electron chi connectivity index (χ0n) is 15.1. The number of hydrogen-bond acceptors (Lipinski definition) is 7. The average molecular weight is 390 g/mol. The molecule has 0 radical (unpaired) electrons. The van der Waals surface area contributed by atoms with E-state index in [9.17, 15) is 13.2 Å². The van der Waals surface area contributed by atoms with Gasteiger partial charge in [-0.15, -0.1) is 10.2 Å². The molecular weight excluding hydrogens is 368 g/mol. The van der Waals surface area contributed by atoms with Crippen LogP contribution < -0.4 is 0 Å². The first kappa shape index (κ1) is 18.1. The molecule has 1 aromatic heterocycles. The number of aromatic nitrogens is 2. The molecule has 8 nitrogen and oxygen atoms in total. The maximum absolute atomic E-state index is 12.2. The Morgan fingerprint density at radius 1 is 1.15 bits per heavy atom. The number of rotatable bonds is 4. The average Bonchev–Trinajstić information content (AvgIpc) is 3.25. The van der Waals surface area contributed by atoms with Crippen molar-refractivity contribution in [2.75, 3.05) is 24.6 Å². The summed E-state index contributed by atoms with van der Waals surface area (Å²) in [7, 11) is -3.17. The van der Waals surface area contributed by atoms with Crippen molar-refractivity contribution in [3.63, 3.8) is 0 Å². The van der Waals surface area contributed by atoms with Gasteiger partial charge in [-0.1, -0.05) is 25.1 Å². The van der Waals surface area contributed by atoms with Gasteiger partial charge >= 0.3 is 0 Å². The molecule has 2 atom stereocenters. The van der Waals surface area contributed by atoms with Gasteiger partial charge in [0.25, 0.3) is 0 Å². The van der Waals surface area contributed by atoms with Crippen LogP contribution in [0.2, 0.25) is 0 Å². The third kappa shape index (κ3) is 3.61. The lowest BCUT2D eigenvalue weighted by Crippen LogP contribution is -2.60. The number of amides is 1. The van der Waals surface area contributed by atoms with Gasteiger partial charge in [-0.25, -0.2) is 8.42 Å². The molecule has 1 amide bonds. The van der Waals surface area contributed by atoms with Crippen molar-refractivity contribution < 1.29 is 17.6 Å². The smallest absolute Gasteiger partial charge is 0.247 e. The van der Waals surface area contributed by atoms with Crippen molar-refractivity contribution >= 4 is 15.7 Å². The zero-order chi connectivity index (χ0) is 19.0. The van der Waals surface area contributed by atoms with Crippen LogP contribution in [-0.2, 0) is 21.2 Å². The van der Waals surface area contributed by atoms with Crippen molar-refractivity contribution in [2.45, 2.75) is 32.0 Å². The summed E-state index contributed by atoms with van der Waals surface area (Å²) in [6.07, 6.45) is 0.382. The maximum Gasteiger partial charge on any atom is 0.247 e. The van der Waals surface area contributed by atoms with Gasteiger partial charge in [-0.3, -0.25) is 9.69 Å². The van der Waals surface area contributed by atoms with Crippen molar-refractivity contribution in [3.05, 3.63) is 36.2 Å². The summed E-state index contributed by atoms with van der Waals surface area (Å²) < 4.78 is 30.2. The minimum absolute atomic E-state index is 0.00547. The van der Waals surface area contributed by atoms with E-state index in [2.05, 4.69) is 15.1 Å². The van der Waals surface area contributed by atoms with Gasteiger partial charge in [-0.05, 0) is 12.1 Å². The van der Waals surface area contributed by atoms with E-state index in [1.807, 2.05) is 30.3 Å². The minimum Gasteiger partial charge on any atom is -0.419 e. The highest BCUT2D eigenvalue weighted by Gasteiger charge is 2.47. The van der Waals surface area contributed by atoms with E-state index in [0.29, 0.717) is 37.8 Å². The second-order valence-corrected chi connectivity index (χ2v) is 9.14. The predicted molar refractivity (Wildman–Crippen MR) is 98.4 cm³/mol. The second-order valence-electron chi connectivity index (χ2n) is 6.99. The lowest BCUT2D eigenvalue weighted by atomic mass is 10.0. The predicted octanol–water partition coefficient (Wildman–Crippen LogP) is 0.956. The fraction of sp³-hybridized carbons (Fsp3) is 0.500. The maximum atomic E-state index is 12.2. The first-order chi connectivity index (χ1) is 13.0. The molecule has 3 heterocycles. The number of hydrogen-bond donors (Lipinski definition) is 0. The number of fused-ring (bicyclic) bond motifs is 1.